The lowest BCUT2D eigenvalue weighted by Crippen LogP contribution is -2.30. The van der Waals surface area contributed by atoms with Crippen LogP contribution in [-0.2, 0) is 28.6 Å². The van der Waals surface area contributed by atoms with Gasteiger partial charge in [-0.2, -0.15) is 0 Å². The van der Waals surface area contributed by atoms with Gasteiger partial charge in [0.15, 0.2) is 6.10 Å². The van der Waals surface area contributed by atoms with E-state index >= 15 is 0 Å². The smallest absolute Gasteiger partial charge is 0.306 e. The Hall–Kier alpha value is -4.19. The van der Waals surface area contributed by atoms with Crippen molar-refractivity contribution in [1.29, 1.82) is 0 Å². The number of hydrogen-bond donors (Lipinski definition) is 0. The number of carbonyl (C=O) groups excluding carboxylic acids is 3. The Bertz CT molecular complexity index is 1420. The third-order valence-corrected chi connectivity index (χ3v) is 10.7. The first kappa shape index (κ1) is 61.8. The summed E-state index contributed by atoms with van der Waals surface area (Å²) < 4.78 is 16.7. The molecule has 0 aromatic carbocycles. The molecule has 0 saturated heterocycles. The van der Waals surface area contributed by atoms with Crippen LogP contribution in [0, 0.1) is 0 Å². The van der Waals surface area contributed by atoms with Crippen molar-refractivity contribution in [2.75, 3.05) is 13.2 Å². The first-order chi connectivity index (χ1) is 32.5. The molecule has 0 saturated carbocycles. The van der Waals surface area contributed by atoms with Crippen LogP contribution < -0.4 is 0 Å². The van der Waals surface area contributed by atoms with Gasteiger partial charge in [0.25, 0.3) is 0 Å². The summed E-state index contributed by atoms with van der Waals surface area (Å²) in [7, 11) is 0. The normalized spacial score (nSPS) is 13.1. The van der Waals surface area contributed by atoms with Crippen molar-refractivity contribution in [2.45, 2.75) is 226 Å². The minimum absolute atomic E-state index is 0.118. The molecule has 0 aromatic heterocycles. The Labute approximate surface area is 405 Å². The minimum Gasteiger partial charge on any atom is -0.462 e. The summed E-state index contributed by atoms with van der Waals surface area (Å²) in [5.74, 6) is -1.02. The fraction of sp³-hybridized carbons (Fsp3) is 0.617. The van der Waals surface area contributed by atoms with E-state index in [4.69, 9.17) is 14.2 Å². The van der Waals surface area contributed by atoms with Gasteiger partial charge in [0, 0.05) is 19.3 Å². The molecule has 0 aliphatic carbocycles. The molecular weight excluding hydrogens is 817 g/mol. The van der Waals surface area contributed by atoms with Gasteiger partial charge < -0.3 is 14.2 Å². The third kappa shape index (κ3) is 50.8. The second kappa shape index (κ2) is 53.4. The maximum atomic E-state index is 12.8. The molecule has 6 heteroatoms. The monoisotopic (exact) mass is 913 g/mol. The van der Waals surface area contributed by atoms with Crippen molar-refractivity contribution in [2.24, 2.45) is 0 Å². The van der Waals surface area contributed by atoms with Crippen LogP contribution >= 0.6 is 0 Å². The SMILES string of the molecule is CC/C=C\C/C=C\C/C=C\C/C=C\C/C=C\CCCCCC(=O)OCC(COC(=O)CCCCCCC/C=C\CCCCC)OC(=O)CCC/C=C\C/C=C\C/C=C\C/C=C\CCCCC. The maximum absolute atomic E-state index is 12.8. The van der Waals surface area contributed by atoms with E-state index in [1.165, 1.54) is 57.8 Å². The van der Waals surface area contributed by atoms with Crippen LogP contribution in [0.3, 0.4) is 0 Å². The summed E-state index contributed by atoms with van der Waals surface area (Å²) >= 11 is 0. The molecule has 0 radical (unpaired) electrons. The van der Waals surface area contributed by atoms with E-state index in [9.17, 15) is 14.4 Å². The lowest BCUT2D eigenvalue weighted by atomic mass is 10.1. The predicted octanol–water partition coefficient (Wildman–Crippen LogP) is 17.7. The number of carbonyl (C=O) groups is 3. The first-order valence-corrected chi connectivity index (χ1v) is 26.5. The molecule has 0 aliphatic heterocycles. The lowest BCUT2D eigenvalue weighted by Gasteiger charge is -2.18. The maximum Gasteiger partial charge on any atom is 0.306 e. The highest BCUT2D eigenvalue weighted by molar-refractivity contribution is 5.71. The van der Waals surface area contributed by atoms with E-state index in [0.717, 1.165) is 116 Å². The predicted molar refractivity (Wildman–Crippen MR) is 283 cm³/mol. The van der Waals surface area contributed by atoms with Crippen molar-refractivity contribution in [3.05, 3.63) is 122 Å². The minimum atomic E-state index is -0.827. The highest BCUT2D eigenvalue weighted by atomic mass is 16.6. The van der Waals surface area contributed by atoms with Gasteiger partial charge >= 0.3 is 17.9 Å². The van der Waals surface area contributed by atoms with Gasteiger partial charge in [0.2, 0.25) is 0 Å². The second-order valence-corrected chi connectivity index (χ2v) is 17.0. The van der Waals surface area contributed by atoms with Gasteiger partial charge in [-0.25, -0.2) is 0 Å². The van der Waals surface area contributed by atoms with Gasteiger partial charge in [-0.1, -0.05) is 194 Å². The number of allylic oxidation sites excluding steroid dienone is 20. The van der Waals surface area contributed by atoms with Gasteiger partial charge in [-0.05, 0) is 128 Å². The summed E-state index contributed by atoms with van der Waals surface area (Å²) in [6.45, 7) is 6.37. The molecule has 0 bridgehead atoms. The number of esters is 3. The molecule has 66 heavy (non-hydrogen) atoms. The highest BCUT2D eigenvalue weighted by Gasteiger charge is 2.19. The average molecular weight is 913 g/mol. The summed E-state index contributed by atoms with van der Waals surface area (Å²) in [4.78, 5) is 38.0. The van der Waals surface area contributed by atoms with Crippen LogP contribution in [0.4, 0.5) is 0 Å². The lowest BCUT2D eigenvalue weighted by molar-refractivity contribution is -0.167. The Kier molecular flexibility index (Phi) is 50.0. The molecule has 0 heterocycles. The Morgan fingerprint density at radius 3 is 1.00 bits per heavy atom. The molecule has 6 nitrogen and oxygen atoms in total. The quantitative estimate of drug-likeness (QED) is 0.0262. The van der Waals surface area contributed by atoms with Crippen molar-refractivity contribution >= 4 is 17.9 Å². The van der Waals surface area contributed by atoms with Crippen molar-refractivity contribution < 1.29 is 28.6 Å². The van der Waals surface area contributed by atoms with Gasteiger partial charge in [0.05, 0.1) is 0 Å². The molecule has 372 valence electrons. The molecule has 0 aromatic rings. The molecule has 0 N–H and O–H groups in total. The highest BCUT2D eigenvalue weighted by Crippen LogP contribution is 2.12. The molecule has 0 aliphatic rings. The third-order valence-electron chi connectivity index (χ3n) is 10.7. The molecular formula is C60H96O6. The molecule has 0 rings (SSSR count). The molecule has 0 spiro atoms. The van der Waals surface area contributed by atoms with E-state index < -0.39 is 6.10 Å². The number of ether oxygens (including phenoxy) is 3. The van der Waals surface area contributed by atoms with Gasteiger partial charge in [0.1, 0.15) is 13.2 Å². The van der Waals surface area contributed by atoms with Crippen molar-refractivity contribution in [3.63, 3.8) is 0 Å². The number of rotatable bonds is 46. The number of unbranched alkanes of at least 4 members (excludes halogenated alkanes) is 15. The van der Waals surface area contributed by atoms with Crippen LogP contribution in [0.5, 0.6) is 0 Å². The summed E-state index contributed by atoms with van der Waals surface area (Å²) in [5, 5.41) is 0. The van der Waals surface area contributed by atoms with Crippen molar-refractivity contribution in [1.82, 2.24) is 0 Å². The van der Waals surface area contributed by atoms with Crippen LogP contribution in [0.1, 0.15) is 220 Å². The van der Waals surface area contributed by atoms with E-state index in [2.05, 4.69) is 142 Å². The topological polar surface area (TPSA) is 78.9 Å². The van der Waals surface area contributed by atoms with E-state index in [0.29, 0.717) is 19.3 Å². The van der Waals surface area contributed by atoms with Gasteiger partial charge in [-0.3, -0.25) is 14.4 Å². The summed E-state index contributed by atoms with van der Waals surface area (Å²) in [5.41, 5.74) is 0. The van der Waals surface area contributed by atoms with E-state index in [1.807, 2.05) is 0 Å². The molecule has 1 unspecified atom stereocenters. The van der Waals surface area contributed by atoms with Crippen LogP contribution in [0.2, 0.25) is 0 Å². The Balaban J connectivity index is 4.56. The Morgan fingerprint density at radius 2 is 0.606 bits per heavy atom. The molecule has 0 amide bonds. The van der Waals surface area contributed by atoms with Gasteiger partial charge in [-0.15, -0.1) is 0 Å². The molecule has 0 fully saturated rings. The second-order valence-electron chi connectivity index (χ2n) is 17.0. The van der Waals surface area contributed by atoms with E-state index in [-0.39, 0.29) is 37.5 Å². The zero-order chi connectivity index (χ0) is 47.9. The van der Waals surface area contributed by atoms with Crippen LogP contribution in [0.25, 0.3) is 0 Å². The van der Waals surface area contributed by atoms with Crippen LogP contribution in [-0.4, -0.2) is 37.2 Å². The summed E-state index contributed by atoms with van der Waals surface area (Å²) in [6.07, 6.45) is 73.3. The zero-order valence-electron chi connectivity index (χ0n) is 42.4. The van der Waals surface area contributed by atoms with Crippen molar-refractivity contribution in [3.8, 4) is 0 Å². The molecule has 1 atom stereocenters. The summed E-state index contributed by atoms with van der Waals surface area (Å²) in [6, 6.07) is 0. The largest absolute Gasteiger partial charge is 0.462 e. The van der Waals surface area contributed by atoms with E-state index in [1.54, 1.807) is 0 Å². The zero-order valence-corrected chi connectivity index (χ0v) is 42.4. The number of hydrogen-bond acceptors (Lipinski definition) is 6. The Morgan fingerprint density at radius 1 is 0.318 bits per heavy atom. The standard InChI is InChI=1S/C60H96O6/c1-4-7-10-13-16-19-22-25-27-29-30-32-33-35-38-41-44-47-50-53-59(62)65-56-57(55-64-58(61)52-49-46-43-40-37-24-21-18-15-12-9-6-3)66-60(63)54-51-48-45-42-39-36-34-31-28-26-23-20-17-14-11-8-5-2/h7,10,16-21,25-28,30,32,34-36,38,42,45,57H,4-6,8-9,11-15,22-24,29,31,33,37,39-41,43-44,46-56H2,1-3H3/b10-7-,19-16-,20-17-,21-18-,27-25-,28-26-,32-30-,36-34-,38-35-,45-42-. The fourth-order valence-electron chi connectivity index (χ4n) is 6.69. The first-order valence-electron chi connectivity index (χ1n) is 26.5. The van der Waals surface area contributed by atoms with Crippen LogP contribution in [0.15, 0.2) is 122 Å². The fourth-order valence-corrected chi connectivity index (χ4v) is 6.69. The average Bonchev–Trinajstić information content (AvgIpc) is 3.31.